The topological polar surface area (TPSA) is 50.2 Å². The highest BCUT2D eigenvalue weighted by Crippen LogP contribution is 2.36. The number of hydrogen-bond acceptors (Lipinski definition) is 3. The first-order valence-corrected chi connectivity index (χ1v) is 5.97. The number of carboxylic acid groups (broad SMARTS) is 1. The minimum Gasteiger partial charge on any atom is -0.481 e. The fraction of sp³-hybridized carbons (Fsp3) is 0.636. The first kappa shape index (κ1) is 10.6. The van der Waals surface area contributed by atoms with Crippen LogP contribution in [0, 0.1) is 5.41 Å². The van der Waals surface area contributed by atoms with Gasteiger partial charge in [0, 0.05) is 4.88 Å². The second kappa shape index (κ2) is 3.59. The molecule has 82 valence electrons. The monoisotopic (exact) mass is 225 g/mol. The van der Waals surface area contributed by atoms with E-state index in [1.807, 2.05) is 0 Å². The second-order valence-corrected chi connectivity index (χ2v) is 6.06. The number of rotatable bonds is 2. The van der Waals surface area contributed by atoms with Crippen LogP contribution in [0.2, 0.25) is 0 Å². The number of fused-ring (bicyclic) bond motifs is 1. The Kier molecular flexibility index (Phi) is 2.54. The Bertz CT molecular complexity index is 395. The summed E-state index contributed by atoms with van der Waals surface area (Å²) in [5.41, 5.74) is 1.45. The molecule has 0 fully saturated rings. The van der Waals surface area contributed by atoms with Crippen molar-refractivity contribution in [1.82, 2.24) is 4.98 Å². The third-order valence-corrected chi connectivity index (χ3v) is 3.96. The number of aryl methyl sites for hydroxylation is 1. The lowest BCUT2D eigenvalue weighted by molar-refractivity contribution is -0.136. The number of aliphatic carboxylic acids is 1. The standard InChI is InChI=1S/C11H15NO2S/c1-11(2)4-3-8-7(6-11)12-9(15-8)5-10(13)14/h3-6H2,1-2H3,(H,13,14). The van der Waals surface area contributed by atoms with Gasteiger partial charge in [-0.05, 0) is 24.7 Å². The van der Waals surface area contributed by atoms with Gasteiger partial charge in [0.25, 0.3) is 0 Å². The van der Waals surface area contributed by atoms with Gasteiger partial charge < -0.3 is 5.11 Å². The van der Waals surface area contributed by atoms with Gasteiger partial charge in [0.15, 0.2) is 0 Å². The number of thiazole rings is 1. The molecule has 15 heavy (non-hydrogen) atoms. The maximum Gasteiger partial charge on any atom is 0.310 e. The van der Waals surface area contributed by atoms with E-state index >= 15 is 0 Å². The maximum absolute atomic E-state index is 10.6. The zero-order valence-electron chi connectivity index (χ0n) is 9.04. The lowest BCUT2D eigenvalue weighted by Gasteiger charge is -2.28. The van der Waals surface area contributed by atoms with Crippen LogP contribution in [0.15, 0.2) is 0 Å². The molecule has 0 atom stereocenters. The van der Waals surface area contributed by atoms with Crippen molar-refractivity contribution in [2.75, 3.05) is 0 Å². The molecule has 0 saturated heterocycles. The molecule has 0 radical (unpaired) electrons. The van der Waals surface area contributed by atoms with E-state index in [0.717, 1.165) is 23.5 Å². The maximum atomic E-state index is 10.6. The molecule has 0 amide bonds. The Hall–Kier alpha value is -0.900. The highest BCUT2D eigenvalue weighted by Gasteiger charge is 2.28. The molecule has 1 aliphatic carbocycles. The van der Waals surface area contributed by atoms with Crippen molar-refractivity contribution in [1.29, 1.82) is 0 Å². The van der Waals surface area contributed by atoms with Crippen molar-refractivity contribution in [3.63, 3.8) is 0 Å². The van der Waals surface area contributed by atoms with E-state index < -0.39 is 5.97 Å². The summed E-state index contributed by atoms with van der Waals surface area (Å²) in [6.45, 7) is 4.48. The largest absolute Gasteiger partial charge is 0.481 e. The molecule has 1 heterocycles. The fourth-order valence-corrected chi connectivity index (χ4v) is 3.04. The lowest BCUT2D eigenvalue weighted by atomic mass is 9.79. The molecule has 0 saturated carbocycles. The minimum atomic E-state index is -0.791. The summed E-state index contributed by atoms with van der Waals surface area (Å²) in [4.78, 5) is 16.3. The van der Waals surface area contributed by atoms with Crippen LogP contribution >= 0.6 is 11.3 Å². The van der Waals surface area contributed by atoms with Crippen LogP contribution in [0.4, 0.5) is 0 Å². The summed E-state index contributed by atoms with van der Waals surface area (Å²) in [6.07, 6.45) is 3.28. The minimum absolute atomic E-state index is 0.0676. The van der Waals surface area contributed by atoms with Crippen LogP contribution in [-0.4, -0.2) is 16.1 Å². The van der Waals surface area contributed by atoms with Gasteiger partial charge in [-0.15, -0.1) is 11.3 Å². The molecule has 2 rings (SSSR count). The number of carbonyl (C=O) groups is 1. The summed E-state index contributed by atoms with van der Waals surface area (Å²) >= 11 is 1.57. The first-order chi connectivity index (χ1) is 6.96. The molecule has 1 aromatic heterocycles. The number of nitrogens with zero attached hydrogens (tertiary/aromatic N) is 1. The van der Waals surface area contributed by atoms with Crippen molar-refractivity contribution in [2.24, 2.45) is 5.41 Å². The average Bonchev–Trinajstić information content (AvgIpc) is 2.42. The third kappa shape index (κ3) is 2.37. The van der Waals surface area contributed by atoms with Gasteiger partial charge >= 0.3 is 5.97 Å². The molecule has 0 bridgehead atoms. The lowest BCUT2D eigenvalue weighted by Crippen LogP contribution is -2.21. The highest BCUT2D eigenvalue weighted by molar-refractivity contribution is 7.11. The normalized spacial score (nSPS) is 18.5. The molecule has 0 spiro atoms. The van der Waals surface area contributed by atoms with Crippen LogP contribution in [0.1, 0.15) is 35.8 Å². The molecule has 4 heteroatoms. The number of aromatic nitrogens is 1. The van der Waals surface area contributed by atoms with Gasteiger partial charge in [-0.2, -0.15) is 0 Å². The van der Waals surface area contributed by atoms with E-state index in [0.29, 0.717) is 5.41 Å². The van der Waals surface area contributed by atoms with Gasteiger partial charge in [-0.3, -0.25) is 4.79 Å². The smallest absolute Gasteiger partial charge is 0.310 e. The van der Waals surface area contributed by atoms with Gasteiger partial charge in [-0.1, -0.05) is 13.8 Å². The van der Waals surface area contributed by atoms with Crippen molar-refractivity contribution >= 4 is 17.3 Å². The predicted octanol–water partition coefficient (Wildman–Crippen LogP) is 2.29. The molecule has 0 aromatic carbocycles. The molecule has 1 aromatic rings. The molecule has 1 aliphatic rings. The average molecular weight is 225 g/mol. The van der Waals surface area contributed by atoms with Crippen LogP contribution < -0.4 is 0 Å². The van der Waals surface area contributed by atoms with E-state index in [2.05, 4.69) is 18.8 Å². The van der Waals surface area contributed by atoms with E-state index in [-0.39, 0.29) is 6.42 Å². The van der Waals surface area contributed by atoms with E-state index in [4.69, 9.17) is 5.11 Å². The van der Waals surface area contributed by atoms with E-state index in [9.17, 15) is 4.79 Å². The number of hydrogen-bond donors (Lipinski definition) is 1. The molecule has 3 nitrogen and oxygen atoms in total. The van der Waals surface area contributed by atoms with Crippen LogP contribution in [0.5, 0.6) is 0 Å². The summed E-state index contributed by atoms with van der Waals surface area (Å²) in [5, 5.41) is 9.45. The zero-order chi connectivity index (χ0) is 11.1. The van der Waals surface area contributed by atoms with Crippen molar-refractivity contribution in [2.45, 2.75) is 39.5 Å². The SMILES string of the molecule is CC1(C)CCc2sc(CC(=O)O)nc2C1. The predicted molar refractivity (Wildman–Crippen MR) is 59.3 cm³/mol. The molecule has 0 unspecified atom stereocenters. The van der Waals surface area contributed by atoms with E-state index in [1.54, 1.807) is 11.3 Å². The summed E-state index contributed by atoms with van der Waals surface area (Å²) < 4.78 is 0. The second-order valence-electron chi connectivity index (χ2n) is 4.89. The fourth-order valence-electron chi connectivity index (χ4n) is 1.97. The molecule has 0 aliphatic heterocycles. The van der Waals surface area contributed by atoms with Crippen LogP contribution in [-0.2, 0) is 24.1 Å². The van der Waals surface area contributed by atoms with E-state index in [1.165, 1.54) is 11.3 Å². The third-order valence-electron chi connectivity index (χ3n) is 2.80. The van der Waals surface area contributed by atoms with Crippen molar-refractivity contribution < 1.29 is 9.90 Å². The Balaban J connectivity index is 2.22. The number of carboxylic acids is 1. The Labute approximate surface area is 93.2 Å². The van der Waals surface area contributed by atoms with Gasteiger partial charge in [0.1, 0.15) is 5.01 Å². The van der Waals surface area contributed by atoms with Crippen LogP contribution in [0.3, 0.4) is 0 Å². The summed E-state index contributed by atoms with van der Waals surface area (Å²) in [7, 11) is 0. The molecular weight excluding hydrogens is 210 g/mol. The Morgan fingerprint density at radius 2 is 2.33 bits per heavy atom. The van der Waals surface area contributed by atoms with Gasteiger partial charge in [0.05, 0.1) is 12.1 Å². The van der Waals surface area contributed by atoms with Crippen LogP contribution in [0.25, 0.3) is 0 Å². The Morgan fingerprint density at radius 3 is 3.00 bits per heavy atom. The van der Waals surface area contributed by atoms with Crippen molar-refractivity contribution in [3.8, 4) is 0 Å². The van der Waals surface area contributed by atoms with Gasteiger partial charge in [-0.25, -0.2) is 4.98 Å². The quantitative estimate of drug-likeness (QED) is 0.840. The summed E-state index contributed by atoms with van der Waals surface area (Å²) in [6, 6.07) is 0. The van der Waals surface area contributed by atoms with Crippen molar-refractivity contribution in [3.05, 3.63) is 15.6 Å². The highest BCUT2D eigenvalue weighted by atomic mass is 32.1. The molecule has 1 N–H and O–H groups in total. The molecular formula is C11H15NO2S. The zero-order valence-corrected chi connectivity index (χ0v) is 9.86. The Morgan fingerprint density at radius 1 is 1.60 bits per heavy atom. The summed E-state index contributed by atoms with van der Waals surface area (Å²) in [5.74, 6) is -0.791. The van der Waals surface area contributed by atoms with Gasteiger partial charge in [0.2, 0.25) is 0 Å². The first-order valence-electron chi connectivity index (χ1n) is 5.15.